The third-order valence-electron chi connectivity index (χ3n) is 6.05. The molecule has 1 fully saturated rings. The number of aromatic hydroxyl groups is 1. The van der Waals surface area contributed by atoms with Gasteiger partial charge in [-0.2, -0.15) is 0 Å². The van der Waals surface area contributed by atoms with Crippen LogP contribution >= 0.6 is 0 Å². The molecule has 1 saturated heterocycles. The molecule has 2 aliphatic heterocycles. The topological polar surface area (TPSA) is 103 Å². The Hall–Kier alpha value is -3.72. The molecule has 0 aliphatic carbocycles. The Morgan fingerprint density at radius 1 is 1.12 bits per heavy atom. The molecule has 9 nitrogen and oxygen atoms in total. The average Bonchev–Trinajstić information content (AvgIpc) is 2.86. The Balaban J connectivity index is 1.58. The first kappa shape index (κ1) is 23.4. The van der Waals surface area contributed by atoms with Gasteiger partial charge in [0.05, 0.1) is 25.3 Å². The molecule has 2 heterocycles. The van der Waals surface area contributed by atoms with Crippen molar-refractivity contribution in [3.63, 3.8) is 0 Å². The summed E-state index contributed by atoms with van der Waals surface area (Å²) in [5.74, 6) is -0.247. The number of phenolic OH excluding ortho intramolecular Hbond substituents is 1. The van der Waals surface area contributed by atoms with Crippen molar-refractivity contribution in [1.29, 1.82) is 0 Å². The number of piperazine rings is 1. The summed E-state index contributed by atoms with van der Waals surface area (Å²) in [5.41, 5.74) is 2.65. The van der Waals surface area contributed by atoms with Crippen LogP contribution in [0.2, 0.25) is 0 Å². The molecule has 0 saturated carbocycles. The molecule has 3 N–H and O–H groups in total. The molecule has 1 atom stereocenters. The highest BCUT2D eigenvalue weighted by molar-refractivity contribution is 5.95. The lowest BCUT2D eigenvalue weighted by Gasteiger charge is -2.38. The summed E-state index contributed by atoms with van der Waals surface area (Å²) < 4.78 is 10.6. The van der Waals surface area contributed by atoms with Gasteiger partial charge in [-0.05, 0) is 36.8 Å². The number of rotatable bonds is 7. The van der Waals surface area contributed by atoms with Crippen LogP contribution in [0.1, 0.15) is 18.5 Å². The van der Waals surface area contributed by atoms with Crippen LogP contribution in [0.5, 0.6) is 11.5 Å². The van der Waals surface area contributed by atoms with Crippen LogP contribution in [0.15, 0.2) is 59.8 Å². The molecular weight excluding hydrogens is 436 g/mol. The van der Waals surface area contributed by atoms with Crippen LogP contribution in [-0.2, 0) is 9.53 Å². The number of benzene rings is 2. The molecule has 2 aromatic rings. The number of anilines is 1. The second-order valence-corrected chi connectivity index (χ2v) is 8.17. The second kappa shape index (κ2) is 10.5. The van der Waals surface area contributed by atoms with Crippen LogP contribution in [0.3, 0.4) is 0 Å². The fourth-order valence-electron chi connectivity index (χ4n) is 4.35. The summed E-state index contributed by atoms with van der Waals surface area (Å²) in [4.78, 5) is 29.9. The lowest BCUT2D eigenvalue weighted by atomic mass is 9.94. The van der Waals surface area contributed by atoms with E-state index in [0.717, 1.165) is 26.2 Å². The number of nitrogens with one attached hydrogen (secondary N) is 2. The maximum Gasteiger partial charge on any atom is 0.338 e. The largest absolute Gasteiger partial charge is 0.504 e. The lowest BCUT2D eigenvalue weighted by molar-refractivity contribution is -0.136. The van der Waals surface area contributed by atoms with Gasteiger partial charge >= 0.3 is 12.0 Å². The van der Waals surface area contributed by atoms with Crippen LogP contribution in [-0.4, -0.2) is 68.4 Å². The van der Waals surface area contributed by atoms with Crippen molar-refractivity contribution in [2.24, 2.45) is 0 Å². The van der Waals surface area contributed by atoms with Gasteiger partial charge < -0.3 is 30.1 Å². The first-order valence-corrected chi connectivity index (χ1v) is 11.4. The summed E-state index contributed by atoms with van der Waals surface area (Å²) in [6, 6.07) is 13.9. The number of hydrogen-bond acceptors (Lipinski definition) is 7. The smallest absolute Gasteiger partial charge is 0.338 e. The average molecular weight is 467 g/mol. The van der Waals surface area contributed by atoms with Crippen molar-refractivity contribution in [2.45, 2.75) is 13.0 Å². The highest BCUT2D eigenvalue weighted by atomic mass is 16.5. The minimum Gasteiger partial charge on any atom is -0.504 e. The molecule has 2 aliphatic rings. The van der Waals surface area contributed by atoms with E-state index in [0.29, 0.717) is 30.0 Å². The molecule has 0 spiro atoms. The Morgan fingerprint density at radius 3 is 2.53 bits per heavy atom. The lowest BCUT2D eigenvalue weighted by Crippen LogP contribution is -2.51. The minimum absolute atomic E-state index is 0.00836. The zero-order valence-electron chi connectivity index (χ0n) is 19.4. The van der Waals surface area contributed by atoms with Gasteiger partial charge in [0.1, 0.15) is 0 Å². The molecule has 2 aromatic carbocycles. The zero-order chi connectivity index (χ0) is 24.1. The SMILES string of the molecule is CCOc1cc([C@H]2NC(=O)NC(CN3CCN(c4ccccc4)CC3)=C2C(=O)OC)ccc1O. The van der Waals surface area contributed by atoms with Gasteiger partial charge in [0.15, 0.2) is 11.5 Å². The number of urea groups is 1. The quantitative estimate of drug-likeness (QED) is 0.539. The third kappa shape index (κ3) is 5.09. The molecule has 0 unspecified atom stereocenters. The minimum atomic E-state index is -0.735. The Morgan fingerprint density at radius 2 is 1.85 bits per heavy atom. The van der Waals surface area contributed by atoms with E-state index in [2.05, 4.69) is 32.6 Å². The van der Waals surface area contributed by atoms with Crippen LogP contribution in [0, 0.1) is 0 Å². The number of amides is 2. The van der Waals surface area contributed by atoms with E-state index in [1.807, 2.05) is 25.1 Å². The van der Waals surface area contributed by atoms with Crippen molar-refractivity contribution in [3.8, 4) is 11.5 Å². The van der Waals surface area contributed by atoms with Crippen molar-refractivity contribution in [1.82, 2.24) is 15.5 Å². The predicted molar refractivity (Wildman–Crippen MR) is 128 cm³/mol. The normalized spacial score (nSPS) is 18.8. The molecule has 180 valence electrons. The van der Waals surface area contributed by atoms with Crippen molar-refractivity contribution in [2.75, 3.05) is 51.3 Å². The van der Waals surface area contributed by atoms with Gasteiger partial charge in [-0.25, -0.2) is 9.59 Å². The molecule has 0 bridgehead atoms. The standard InChI is InChI=1S/C25H30N4O5/c1-3-34-21-15-17(9-10-20(21)30)23-22(24(31)33-2)19(26-25(32)27-23)16-28-11-13-29(14-12-28)18-7-5-4-6-8-18/h4-10,15,23,30H,3,11-14,16H2,1-2H3,(H2,26,27,32)/t23-/m1/s1. The van der Waals surface area contributed by atoms with Crippen LogP contribution < -0.4 is 20.3 Å². The summed E-state index contributed by atoms with van der Waals surface area (Å²) in [5, 5.41) is 15.7. The third-order valence-corrected chi connectivity index (χ3v) is 6.05. The molecule has 2 amide bonds. The van der Waals surface area contributed by atoms with E-state index in [4.69, 9.17) is 9.47 Å². The maximum atomic E-state index is 12.8. The van der Waals surface area contributed by atoms with Gasteiger partial charge in [0.25, 0.3) is 0 Å². The fraction of sp³-hybridized carbons (Fsp3) is 0.360. The second-order valence-electron chi connectivity index (χ2n) is 8.17. The van der Waals surface area contributed by atoms with Gasteiger partial charge in [0.2, 0.25) is 0 Å². The van der Waals surface area contributed by atoms with Gasteiger partial charge in [-0.1, -0.05) is 24.3 Å². The van der Waals surface area contributed by atoms with E-state index in [9.17, 15) is 14.7 Å². The first-order valence-electron chi connectivity index (χ1n) is 11.4. The Kier molecular flexibility index (Phi) is 7.22. The number of para-hydroxylation sites is 1. The Labute approximate surface area is 198 Å². The highest BCUT2D eigenvalue weighted by Crippen LogP contribution is 2.34. The van der Waals surface area contributed by atoms with E-state index in [-0.39, 0.29) is 11.5 Å². The van der Waals surface area contributed by atoms with E-state index in [1.54, 1.807) is 12.1 Å². The van der Waals surface area contributed by atoms with Crippen molar-refractivity contribution >= 4 is 17.7 Å². The number of hydrogen-bond donors (Lipinski definition) is 3. The summed E-state index contributed by atoms with van der Waals surface area (Å²) in [6.45, 7) is 5.85. The number of methoxy groups -OCH3 is 1. The molecule has 34 heavy (non-hydrogen) atoms. The van der Waals surface area contributed by atoms with Gasteiger partial charge in [-0.15, -0.1) is 0 Å². The summed E-state index contributed by atoms with van der Waals surface area (Å²) in [6.07, 6.45) is 0. The van der Waals surface area contributed by atoms with Crippen molar-refractivity contribution < 1.29 is 24.2 Å². The number of ether oxygens (including phenoxy) is 2. The number of phenols is 1. The first-order chi connectivity index (χ1) is 16.5. The molecule has 0 radical (unpaired) electrons. The predicted octanol–water partition coefficient (Wildman–Crippen LogP) is 2.39. The molecular formula is C25H30N4O5. The number of carbonyl (C=O) groups excluding carboxylic acids is 2. The molecule has 9 heteroatoms. The zero-order valence-corrected chi connectivity index (χ0v) is 19.4. The fourth-order valence-corrected chi connectivity index (χ4v) is 4.35. The molecule has 0 aromatic heterocycles. The van der Waals surface area contributed by atoms with E-state index < -0.39 is 18.0 Å². The summed E-state index contributed by atoms with van der Waals surface area (Å²) in [7, 11) is 1.32. The summed E-state index contributed by atoms with van der Waals surface area (Å²) >= 11 is 0. The van der Waals surface area contributed by atoms with Gasteiger partial charge in [-0.3, -0.25) is 4.90 Å². The van der Waals surface area contributed by atoms with E-state index in [1.165, 1.54) is 18.9 Å². The number of carbonyl (C=O) groups is 2. The van der Waals surface area contributed by atoms with Crippen LogP contribution in [0.25, 0.3) is 0 Å². The maximum absolute atomic E-state index is 12.8. The Bertz CT molecular complexity index is 1060. The van der Waals surface area contributed by atoms with Gasteiger partial charge in [0, 0.05) is 44.1 Å². The number of nitrogens with zero attached hydrogens (tertiary/aromatic N) is 2. The van der Waals surface area contributed by atoms with Crippen LogP contribution in [0.4, 0.5) is 10.5 Å². The number of esters is 1. The monoisotopic (exact) mass is 466 g/mol. The van der Waals surface area contributed by atoms with E-state index >= 15 is 0 Å². The molecule has 4 rings (SSSR count). The van der Waals surface area contributed by atoms with Crippen molar-refractivity contribution in [3.05, 3.63) is 65.4 Å². The highest BCUT2D eigenvalue weighted by Gasteiger charge is 2.35.